The van der Waals surface area contributed by atoms with Gasteiger partial charge < -0.3 is 4.74 Å². The van der Waals surface area contributed by atoms with Crippen LogP contribution in [0.5, 0.6) is 0 Å². The standard InChI is InChI=1S/C22H19NO3S/c1-22(2,3)26-21(25)17-13-16(14-7-5-4-6-8-14)20(24)23-11-9-15-10-12-27-19(15)18(17)23/h4-13H,1-3H3. The zero-order valence-corrected chi connectivity index (χ0v) is 16.2. The van der Waals surface area contributed by atoms with Crippen LogP contribution in [0.1, 0.15) is 31.1 Å². The number of ether oxygens (including phenoxy) is 1. The monoisotopic (exact) mass is 377 g/mol. The lowest BCUT2D eigenvalue weighted by Crippen LogP contribution is -2.26. The van der Waals surface area contributed by atoms with Gasteiger partial charge in [-0.1, -0.05) is 30.3 Å². The minimum Gasteiger partial charge on any atom is -0.456 e. The third kappa shape index (κ3) is 3.15. The van der Waals surface area contributed by atoms with Crippen LogP contribution in [0.4, 0.5) is 0 Å². The lowest BCUT2D eigenvalue weighted by atomic mass is 10.0. The van der Waals surface area contributed by atoms with Crippen molar-refractivity contribution in [2.75, 3.05) is 0 Å². The van der Waals surface area contributed by atoms with E-state index in [2.05, 4.69) is 0 Å². The van der Waals surface area contributed by atoms with Crippen molar-refractivity contribution in [3.63, 3.8) is 0 Å². The summed E-state index contributed by atoms with van der Waals surface area (Å²) in [6.07, 6.45) is 1.73. The molecule has 0 bridgehead atoms. The molecule has 0 amide bonds. The smallest absolute Gasteiger partial charge is 0.340 e. The van der Waals surface area contributed by atoms with E-state index in [1.165, 1.54) is 11.3 Å². The first-order valence-corrected chi connectivity index (χ1v) is 9.57. The number of carbonyl (C=O) groups excluding carboxylic acids is 1. The summed E-state index contributed by atoms with van der Waals surface area (Å²) in [6, 6.07) is 14.9. The Morgan fingerprint density at radius 2 is 1.81 bits per heavy atom. The third-order valence-electron chi connectivity index (χ3n) is 4.25. The number of pyridine rings is 2. The van der Waals surface area contributed by atoms with E-state index < -0.39 is 11.6 Å². The molecule has 0 aliphatic heterocycles. The van der Waals surface area contributed by atoms with Crippen LogP contribution in [-0.4, -0.2) is 16.0 Å². The van der Waals surface area contributed by atoms with Crippen molar-refractivity contribution in [1.29, 1.82) is 0 Å². The first kappa shape index (κ1) is 17.5. The topological polar surface area (TPSA) is 47.8 Å². The second-order valence-electron chi connectivity index (χ2n) is 7.38. The molecule has 3 heterocycles. The summed E-state index contributed by atoms with van der Waals surface area (Å²) in [6.45, 7) is 5.50. The maximum atomic E-state index is 13.2. The molecule has 3 aromatic heterocycles. The Hall–Kier alpha value is -2.92. The van der Waals surface area contributed by atoms with Crippen molar-refractivity contribution in [3.8, 4) is 11.1 Å². The van der Waals surface area contributed by atoms with E-state index >= 15 is 0 Å². The lowest BCUT2D eigenvalue weighted by molar-refractivity contribution is 0.00715. The van der Waals surface area contributed by atoms with Crippen LogP contribution in [0, 0.1) is 0 Å². The summed E-state index contributed by atoms with van der Waals surface area (Å²) >= 11 is 1.51. The second-order valence-corrected chi connectivity index (χ2v) is 8.30. The molecule has 0 radical (unpaired) electrons. The highest BCUT2D eigenvalue weighted by Crippen LogP contribution is 2.30. The van der Waals surface area contributed by atoms with Gasteiger partial charge in [0, 0.05) is 11.8 Å². The summed E-state index contributed by atoms with van der Waals surface area (Å²) in [4.78, 5) is 26.2. The van der Waals surface area contributed by atoms with Crippen LogP contribution in [-0.2, 0) is 4.74 Å². The predicted octanol–water partition coefficient (Wildman–Crippen LogP) is 5.14. The highest BCUT2D eigenvalue weighted by Gasteiger charge is 2.23. The molecule has 4 aromatic rings. The molecule has 0 saturated heterocycles. The fourth-order valence-electron chi connectivity index (χ4n) is 3.12. The first-order valence-electron chi connectivity index (χ1n) is 8.69. The Bertz CT molecular complexity index is 1210. The van der Waals surface area contributed by atoms with E-state index in [-0.39, 0.29) is 5.56 Å². The number of benzene rings is 1. The van der Waals surface area contributed by atoms with Gasteiger partial charge >= 0.3 is 5.97 Å². The molecule has 0 spiro atoms. The Kier molecular flexibility index (Phi) is 4.12. The molecule has 4 rings (SSSR count). The minimum atomic E-state index is -0.625. The summed E-state index contributed by atoms with van der Waals surface area (Å²) in [5.41, 5.74) is 1.47. The molecule has 4 nitrogen and oxygen atoms in total. The molecule has 0 saturated carbocycles. The molecular formula is C22H19NO3S. The summed E-state index contributed by atoms with van der Waals surface area (Å²) in [5.74, 6) is -0.432. The molecule has 0 N–H and O–H groups in total. The number of aromatic nitrogens is 1. The minimum absolute atomic E-state index is 0.154. The van der Waals surface area contributed by atoms with Crippen molar-refractivity contribution >= 4 is 32.9 Å². The average molecular weight is 377 g/mol. The highest BCUT2D eigenvalue weighted by molar-refractivity contribution is 7.18. The van der Waals surface area contributed by atoms with E-state index in [4.69, 9.17) is 4.74 Å². The maximum Gasteiger partial charge on any atom is 0.340 e. The van der Waals surface area contributed by atoms with Crippen LogP contribution in [0.2, 0.25) is 0 Å². The lowest BCUT2D eigenvalue weighted by Gasteiger charge is -2.20. The van der Waals surface area contributed by atoms with Gasteiger partial charge in [-0.3, -0.25) is 9.20 Å². The fraction of sp³-hybridized carbons (Fsp3) is 0.182. The molecule has 0 unspecified atom stereocenters. The Balaban J connectivity index is 2.09. The molecule has 27 heavy (non-hydrogen) atoms. The summed E-state index contributed by atoms with van der Waals surface area (Å²) < 4.78 is 8.09. The molecule has 0 aliphatic carbocycles. The van der Waals surface area contributed by atoms with Gasteiger partial charge in [-0.05, 0) is 55.3 Å². The van der Waals surface area contributed by atoms with Crippen molar-refractivity contribution in [3.05, 3.63) is 76.0 Å². The Morgan fingerprint density at radius 1 is 1.07 bits per heavy atom. The van der Waals surface area contributed by atoms with Gasteiger partial charge in [0.05, 0.1) is 15.8 Å². The number of fused-ring (bicyclic) bond motifs is 3. The van der Waals surface area contributed by atoms with Crippen LogP contribution < -0.4 is 5.56 Å². The van der Waals surface area contributed by atoms with E-state index in [0.717, 1.165) is 15.6 Å². The van der Waals surface area contributed by atoms with Gasteiger partial charge in [-0.25, -0.2) is 4.79 Å². The van der Waals surface area contributed by atoms with Crippen molar-refractivity contribution in [2.24, 2.45) is 0 Å². The van der Waals surface area contributed by atoms with E-state index in [0.29, 0.717) is 16.6 Å². The van der Waals surface area contributed by atoms with Crippen molar-refractivity contribution < 1.29 is 9.53 Å². The fourth-order valence-corrected chi connectivity index (χ4v) is 4.06. The van der Waals surface area contributed by atoms with Gasteiger partial charge in [0.2, 0.25) is 0 Å². The Labute approximate surface area is 160 Å². The van der Waals surface area contributed by atoms with Gasteiger partial charge in [-0.2, -0.15) is 0 Å². The highest BCUT2D eigenvalue weighted by atomic mass is 32.1. The predicted molar refractivity (Wildman–Crippen MR) is 110 cm³/mol. The van der Waals surface area contributed by atoms with E-state index in [9.17, 15) is 9.59 Å². The SMILES string of the molecule is CC(C)(C)OC(=O)c1cc(-c2ccccc2)c(=O)n2ccc3ccsc3c12. The first-order chi connectivity index (χ1) is 12.8. The number of hydrogen-bond acceptors (Lipinski definition) is 4. The number of thiophene rings is 1. The van der Waals surface area contributed by atoms with Crippen LogP contribution >= 0.6 is 11.3 Å². The number of esters is 1. The van der Waals surface area contributed by atoms with Crippen molar-refractivity contribution in [1.82, 2.24) is 4.40 Å². The van der Waals surface area contributed by atoms with E-state index in [1.807, 2.05) is 68.6 Å². The van der Waals surface area contributed by atoms with E-state index in [1.54, 1.807) is 16.7 Å². The molecular weight excluding hydrogens is 358 g/mol. The van der Waals surface area contributed by atoms with Gasteiger partial charge in [0.25, 0.3) is 5.56 Å². The summed E-state index contributed by atoms with van der Waals surface area (Å²) in [7, 11) is 0. The molecule has 5 heteroatoms. The van der Waals surface area contributed by atoms with Crippen LogP contribution in [0.15, 0.2) is 64.9 Å². The second kappa shape index (κ2) is 6.35. The quantitative estimate of drug-likeness (QED) is 0.455. The Morgan fingerprint density at radius 3 is 2.52 bits per heavy atom. The van der Waals surface area contributed by atoms with Gasteiger partial charge in [0.1, 0.15) is 5.60 Å². The average Bonchev–Trinajstić information content (AvgIpc) is 3.10. The zero-order valence-electron chi connectivity index (χ0n) is 15.4. The largest absolute Gasteiger partial charge is 0.456 e. The molecule has 0 aliphatic rings. The number of carbonyl (C=O) groups is 1. The molecule has 136 valence electrons. The normalized spacial score (nSPS) is 11.8. The molecule has 1 aromatic carbocycles. The van der Waals surface area contributed by atoms with Crippen molar-refractivity contribution in [2.45, 2.75) is 26.4 Å². The molecule has 0 atom stereocenters. The number of rotatable bonds is 2. The van der Waals surface area contributed by atoms with Gasteiger partial charge in [0.15, 0.2) is 0 Å². The maximum absolute atomic E-state index is 13.2. The van der Waals surface area contributed by atoms with Crippen LogP contribution in [0.25, 0.3) is 26.7 Å². The third-order valence-corrected chi connectivity index (χ3v) is 5.19. The summed E-state index contributed by atoms with van der Waals surface area (Å²) in [5, 5.41) is 2.95. The van der Waals surface area contributed by atoms with Crippen LogP contribution in [0.3, 0.4) is 0 Å². The van der Waals surface area contributed by atoms with Gasteiger partial charge in [-0.15, -0.1) is 11.3 Å². The number of hydrogen-bond donors (Lipinski definition) is 0. The number of nitrogens with zero attached hydrogens (tertiary/aromatic N) is 1. The zero-order chi connectivity index (χ0) is 19.2. The molecule has 0 fully saturated rings.